The van der Waals surface area contributed by atoms with Gasteiger partial charge in [-0.2, -0.15) is 12.7 Å². The molecule has 0 bridgehead atoms. The number of nitrogens with one attached hydrogen (secondary N) is 1. The molecular weight excluding hydrogens is 524 g/mol. The molecule has 0 heterocycles. The molecule has 0 fully saturated rings. The predicted octanol–water partition coefficient (Wildman–Crippen LogP) is 4.16. The van der Waals surface area contributed by atoms with Crippen molar-refractivity contribution < 1.29 is 18.0 Å². The molecule has 0 saturated carbocycles. The third-order valence-electron chi connectivity index (χ3n) is 6.31. The van der Waals surface area contributed by atoms with Crippen LogP contribution in [-0.2, 0) is 32.8 Å². The second-order valence-corrected chi connectivity index (χ2v) is 13.2. The first-order valence-electron chi connectivity index (χ1n) is 13.2. The zero-order chi connectivity index (χ0) is 29.5. The maximum atomic E-state index is 14.2. The maximum Gasteiger partial charge on any atom is 0.304 e. The van der Waals surface area contributed by atoms with E-state index in [0.717, 1.165) is 25.3 Å². The highest BCUT2D eigenvalue weighted by Gasteiger charge is 2.35. The van der Waals surface area contributed by atoms with E-state index >= 15 is 0 Å². The zero-order valence-corrected chi connectivity index (χ0v) is 25.0. The van der Waals surface area contributed by atoms with Crippen LogP contribution >= 0.6 is 0 Å². The van der Waals surface area contributed by atoms with Gasteiger partial charge < -0.3 is 10.2 Å². The van der Waals surface area contributed by atoms with Crippen molar-refractivity contribution in [3.8, 4) is 0 Å². The summed E-state index contributed by atoms with van der Waals surface area (Å²) in [4.78, 5) is 29.5. The first-order valence-corrected chi connectivity index (χ1v) is 14.6. The Labute approximate surface area is 238 Å². The van der Waals surface area contributed by atoms with Crippen LogP contribution in [0, 0.1) is 6.92 Å². The highest BCUT2D eigenvalue weighted by atomic mass is 32.2. The van der Waals surface area contributed by atoms with Gasteiger partial charge in [-0.05, 0) is 51.0 Å². The molecule has 3 aromatic carbocycles. The van der Waals surface area contributed by atoms with Gasteiger partial charge in [0.05, 0.1) is 5.69 Å². The number of amides is 2. The Balaban J connectivity index is 2.09. The summed E-state index contributed by atoms with van der Waals surface area (Å²) in [6.45, 7) is 7.31. The van der Waals surface area contributed by atoms with Gasteiger partial charge in [0.25, 0.3) is 0 Å². The quantitative estimate of drug-likeness (QED) is 0.379. The van der Waals surface area contributed by atoms with Gasteiger partial charge in [0, 0.05) is 32.6 Å². The highest BCUT2D eigenvalue weighted by Crippen LogP contribution is 2.22. The standard InChI is InChI=1S/C31H40N4O4S/c1-24-17-19-26(20-18-24)22-34(28(30(37)32-31(2,3)4)21-25-13-9-7-10-14-25)29(36)23-35(40(38,39)33(5)6)27-15-11-8-12-16-27/h7-20,28H,21-23H2,1-6H3,(H,32,37)/t28-/m1/s1. The van der Waals surface area contributed by atoms with Crippen LogP contribution in [0.2, 0.25) is 0 Å². The molecule has 0 aliphatic carbocycles. The fourth-order valence-electron chi connectivity index (χ4n) is 4.21. The van der Waals surface area contributed by atoms with Crippen LogP contribution in [0.3, 0.4) is 0 Å². The van der Waals surface area contributed by atoms with Crippen molar-refractivity contribution in [2.45, 2.75) is 52.2 Å². The summed E-state index contributed by atoms with van der Waals surface area (Å²) in [7, 11) is -1.16. The van der Waals surface area contributed by atoms with E-state index in [1.807, 2.05) is 82.3 Å². The number of benzene rings is 3. The van der Waals surface area contributed by atoms with Gasteiger partial charge in [0.1, 0.15) is 12.6 Å². The second kappa shape index (κ2) is 13.1. The van der Waals surface area contributed by atoms with E-state index in [4.69, 9.17) is 0 Å². The van der Waals surface area contributed by atoms with E-state index in [-0.39, 0.29) is 18.9 Å². The Morgan fingerprint density at radius 3 is 1.90 bits per heavy atom. The third-order valence-corrected chi connectivity index (χ3v) is 8.13. The molecule has 0 aliphatic rings. The molecule has 2 amide bonds. The minimum atomic E-state index is -4.01. The number of nitrogens with zero attached hydrogens (tertiary/aromatic N) is 3. The molecule has 1 N–H and O–H groups in total. The fraction of sp³-hybridized carbons (Fsp3) is 0.355. The molecule has 0 saturated heterocycles. The number of hydrogen-bond donors (Lipinski definition) is 1. The first-order chi connectivity index (χ1) is 18.8. The number of aryl methyl sites for hydroxylation is 1. The van der Waals surface area contributed by atoms with Crippen molar-refractivity contribution in [1.82, 2.24) is 14.5 Å². The van der Waals surface area contributed by atoms with Crippen molar-refractivity contribution in [2.24, 2.45) is 0 Å². The smallest absolute Gasteiger partial charge is 0.304 e. The molecule has 0 aromatic heterocycles. The lowest BCUT2D eigenvalue weighted by atomic mass is 10.0. The summed E-state index contributed by atoms with van der Waals surface area (Å²) in [5.41, 5.74) is 2.62. The number of para-hydroxylation sites is 1. The molecule has 1 atom stereocenters. The van der Waals surface area contributed by atoms with Gasteiger partial charge in [-0.1, -0.05) is 78.4 Å². The SMILES string of the molecule is Cc1ccc(CN(C(=O)CN(c2ccccc2)S(=O)(=O)N(C)C)[C@H](Cc2ccccc2)C(=O)NC(C)(C)C)cc1. The van der Waals surface area contributed by atoms with Gasteiger partial charge in [-0.15, -0.1) is 0 Å². The molecule has 0 radical (unpaired) electrons. The number of hydrogen-bond acceptors (Lipinski definition) is 4. The summed E-state index contributed by atoms with van der Waals surface area (Å²) < 4.78 is 28.9. The molecule has 0 aliphatic heterocycles. The van der Waals surface area contributed by atoms with Crippen molar-refractivity contribution in [1.29, 1.82) is 0 Å². The molecule has 0 unspecified atom stereocenters. The van der Waals surface area contributed by atoms with Crippen molar-refractivity contribution in [3.63, 3.8) is 0 Å². The summed E-state index contributed by atoms with van der Waals surface area (Å²) in [5, 5.41) is 3.03. The largest absolute Gasteiger partial charge is 0.350 e. The first kappa shape index (κ1) is 30.8. The zero-order valence-electron chi connectivity index (χ0n) is 24.2. The Morgan fingerprint density at radius 2 is 1.38 bits per heavy atom. The van der Waals surface area contributed by atoms with Gasteiger partial charge in [0.2, 0.25) is 11.8 Å². The van der Waals surface area contributed by atoms with Crippen LogP contribution in [0.5, 0.6) is 0 Å². The molecular formula is C31H40N4O4S. The minimum absolute atomic E-state index is 0.138. The molecule has 3 aromatic rings. The lowest BCUT2D eigenvalue weighted by Crippen LogP contribution is -2.56. The lowest BCUT2D eigenvalue weighted by Gasteiger charge is -2.35. The third kappa shape index (κ3) is 8.40. The van der Waals surface area contributed by atoms with Crippen LogP contribution in [0.4, 0.5) is 5.69 Å². The summed E-state index contributed by atoms with van der Waals surface area (Å²) in [5.74, 6) is -0.793. The van der Waals surface area contributed by atoms with Gasteiger partial charge in [-0.25, -0.2) is 4.31 Å². The molecule has 40 heavy (non-hydrogen) atoms. The summed E-state index contributed by atoms with van der Waals surface area (Å²) in [6, 6.07) is 24.9. The van der Waals surface area contributed by atoms with E-state index < -0.39 is 34.2 Å². The molecule has 3 rings (SSSR count). The average molecular weight is 565 g/mol. The van der Waals surface area contributed by atoms with Crippen LogP contribution in [0.15, 0.2) is 84.9 Å². The summed E-state index contributed by atoms with van der Waals surface area (Å²) >= 11 is 0. The number of carbonyl (C=O) groups excluding carboxylic acids is 2. The number of rotatable bonds is 11. The Bertz CT molecular complexity index is 1370. The van der Waals surface area contributed by atoms with Crippen molar-refractivity contribution >= 4 is 27.7 Å². The fourth-order valence-corrected chi connectivity index (χ4v) is 5.26. The number of carbonyl (C=O) groups is 2. The van der Waals surface area contributed by atoms with E-state index in [2.05, 4.69) is 5.32 Å². The maximum absolute atomic E-state index is 14.2. The second-order valence-electron chi connectivity index (χ2n) is 11.1. The Kier molecular flexibility index (Phi) is 10.1. The average Bonchev–Trinajstić information content (AvgIpc) is 2.90. The van der Waals surface area contributed by atoms with Crippen LogP contribution in [-0.4, -0.2) is 61.7 Å². The Morgan fingerprint density at radius 1 is 0.825 bits per heavy atom. The van der Waals surface area contributed by atoms with Gasteiger partial charge >= 0.3 is 10.2 Å². The predicted molar refractivity (Wildman–Crippen MR) is 160 cm³/mol. The molecule has 9 heteroatoms. The van der Waals surface area contributed by atoms with Crippen LogP contribution < -0.4 is 9.62 Å². The monoisotopic (exact) mass is 564 g/mol. The molecule has 0 spiro atoms. The van der Waals surface area contributed by atoms with Gasteiger partial charge in [-0.3, -0.25) is 9.59 Å². The highest BCUT2D eigenvalue weighted by molar-refractivity contribution is 7.90. The van der Waals surface area contributed by atoms with Crippen molar-refractivity contribution in [2.75, 3.05) is 24.9 Å². The Hall–Kier alpha value is -3.69. The van der Waals surface area contributed by atoms with Crippen LogP contribution in [0.1, 0.15) is 37.5 Å². The normalized spacial score (nSPS) is 12.6. The number of anilines is 1. The van der Waals surface area contributed by atoms with E-state index in [0.29, 0.717) is 5.69 Å². The van der Waals surface area contributed by atoms with Crippen molar-refractivity contribution in [3.05, 3.63) is 102 Å². The molecule has 8 nitrogen and oxygen atoms in total. The van der Waals surface area contributed by atoms with E-state index in [1.165, 1.54) is 19.0 Å². The van der Waals surface area contributed by atoms with Crippen LogP contribution in [0.25, 0.3) is 0 Å². The molecule has 214 valence electrons. The minimum Gasteiger partial charge on any atom is -0.350 e. The summed E-state index contributed by atoms with van der Waals surface area (Å²) in [6.07, 6.45) is 0.270. The van der Waals surface area contributed by atoms with E-state index in [9.17, 15) is 18.0 Å². The van der Waals surface area contributed by atoms with Gasteiger partial charge in [0.15, 0.2) is 0 Å². The topological polar surface area (TPSA) is 90.0 Å². The van der Waals surface area contributed by atoms with E-state index in [1.54, 1.807) is 30.3 Å². The lowest BCUT2D eigenvalue weighted by molar-refractivity contribution is -0.140.